The molecule has 9 heteroatoms. The van der Waals surface area contributed by atoms with Crippen molar-refractivity contribution >= 4 is 11.9 Å². The molecule has 3 aromatic rings. The lowest BCUT2D eigenvalue weighted by Gasteiger charge is -2.36. The number of aromatic nitrogens is 2. The van der Waals surface area contributed by atoms with E-state index in [2.05, 4.69) is 15.0 Å². The summed E-state index contributed by atoms with van der Waals surface area (Å²) in [7, 11) is 0. The Kier molecular flexibility index (Phi) is 6.41. The molecule has 0 unspecified atom stereocenters. The highest BCUT2D eigenvalue weighted by atomic mass is 16.5. The van der Waals surface area contributed by atoms with E-state index in [1.54, 1.807) is 0 Å². The van der Waals surface area contributed by atoms with Gasteiger partial charge in [-0.3, -0.25) is 14.5 Å². The zero-order valence-electron chi connectivity index (χ0n) is 18.2. The van der Waals surface area contributed by atoms with Gasteiger partial charge in [0.2, 0.25) is 5.82 Å². The van der Waals surface area contributed by atoms with E-state index in [9.17, 15) is 19.8 Å². The van der Waals surface area contributed by atoms with Crippen LogP contribution < -0.4 is 4.74 Å². The Labute approximate surface area is 190 Å². The van der Waals surface area contributed by atoms with E-state index in [0.29, 0.717) is 38.0 Å². The number of piperidine rings is 1. The van der Waals surface area contributed by atoms with E-state index >= 15 is 0 Å². The summed E-state index contributed by atoms with van der Waals surface area (Å²) in [5.74, 6) is -0.837. The van der Waals surface area contributed by atoms with Crippen LogP contribution in [0.4, 0.5) is 0 Å². The van der Waals surface area contributed by atoms with Gasteiger partial charge in [0, 0.05) is 30.8 Å². The minimum absolute atomic E-state index is 0.0902. The molecule has 0 amide bonds. The molecule has 2 aromatic carbocycles. The van der Waals surface area contributed by atoms with Gasteiger partial charge in [0.1, 0.15) is 5.75 Å². The highest BCUT2D eigenvalue weighted by Crippen LogP contribution is 2.33. The SMILES string of the molecule is CCOc1ccc(-c2nc(-c3ccc(CN4CCC(C(=O)O)(C(=O)O)CC4)cc3)no2)cc1. The van der Waals surface area contributed by atoms with Crippen LogP contribution in [-0.4, -0.2) is 56.9 Å². The number of likely N-dealkylation sites (tertiary alicyclic amines) is 1. The van der Waals surface area contributed by atoms with Crippen LogP contribution in [0.5, 0.6) is 5.75 Å². The molecule has 1 aromatic heterocycles. The first-order valence-electron chi connectivity index (χ1n) is 10.8. The van der Waals surface area contributed by atoms with Crippen molar-refractivity contribution in [3.8, 4) is 28.6 Å². The number of hydrogen-bond donors (Lipinski definition) is 2. The summed E-state index contributed by atoms with van der Waals surface area (Å²) >= 11 is 0. The van der Waals surface area contributed by atoms with Gasteiger partial charge in [0.05, 0.1) is 6.61 Å². The first-order chi connectivity index (χ1) is 15.9. The molecule has 1 aliphatic rings. The van der Waals surface area contributed by atoms with E-state index in [4.69, 9.17) is 9.26 Å². The Morgan fingerprint density at radius 2 is 1.61 bits per heavy atom. The molecular weight excluding hydrogens is 426 g/mol. The van der Waals surface area contributed by atoms with Crippen LogP contribution in [0.3, 0.4) is 0 Å². The quantitative estimate of drug-likeness (QED) is 0.494. The first kappa shape index (κ1) is 22.5. The Balaban J connectivity index is 1.38. The van der Waals surface area contributed by atoms with Crippen molar-refractivity contribution in [3.63, 3.8) is 0 Å². The van der Waals surface area contributed by atoms with Gasteiger partial charge in [0.15, 0.2) is 5.41 Å². The number of carboxylic acid groups (broad SMARTS) is 2. The number of hydrogen-bond acceptors (Lipinski definition) is 7. The van der Waals surface area contributed by atoms with E-state index < -0.39 is 17.4 Å². The molecule has 0 saturated carbocycles. The number of ether oxygens (including phenoxy) is 1. The second-order valence-corrected chi connectivity index (χ2v) is 8.05. The van der Waals surface area contributed by atoms with Crippen LogP contribution in [0.1, 0.15) is 25.3 Å². The lowest BCUT2D eigenvalue weighted by atomic mass is 9.78. The van der Waals surface area contributed by atoms with E-state index in [0.717, 1.165) is 22.4 Å². The van der Waals surface area contributed by atoms with Gasteiger partial charge in [0.25, 0.3) is 5.89 Å². The van der Waals surface area contributed by atoms with Crippen LogP contribution in [0.25, 0.3) is 22.8 Å². The third-order valence-corrected chi connectivity index (χ3v) is 5.98. The van der Waals surface area contributed by atoms with E-state index in [1.165, 1.54) is 0 Å². The minimum Gasteiger partial charge on any atom is -0.494 e. The van der Waals surface area contributed by atoms with Crippen LogP contribution >= 0.6 is 0 Å². The lowest BCUT2D eigenvalue weighted by Crippen LogP contribution is -2.48. The Bertz CT molecular complexity index is 1100. The van der Waals surface area contributed by atoms with Crippen molar-refractivity contribution in [2.24, 2.45) is 5.41 Å². The van der Waals surface area contributed by atoms with Gasteiger partial charge in [-0.05, 0) is 49.6 Å². The molecule has 0 radical (unpaired) electrons. The van der Waals surface area contributed by atoms with Crippen molar-refractivity contribution < 1.29 is 29.1 Å². The molecule has 0 aliphatic carbocycles. The predicted octanol–water partition coefficient (Wildman–Crippen LogP) is 3.55. The van der Waals surface area contributed by atoms with Gasteiger partial charge < -0.3 is 19.5 Å². The number of carbonyl (C=O) groups is 2. The first-order valence-corrected chi connectivity index (χ1v) is 10.8. The molecule has 0 spiro atoms. The zero-order chi connectivity index (χ0) is 23.4. The normalized spacial score (nSPS) is 15.8. The maximum absolute atomic E-state index is 11.5. The Morgan fingerprint density at radius 1 is 1.00 bits per heavy atom. The molecule has 1 fully saturated rings. The molecule has 0 bridgehead atoms. The number of nitrogens with zero attached hydrogens (tertiary/aromatic N) is 3. The topological polar surface area (TPSA) is 126 Å². The largest absolute Gasteiger partial charge is 0.494 e. The summed E-state index contributed by atoms with van der Waals surface area (Å²) in [6.45, 7) is 3.97. The summed E-state index contributed by atoms with van der Waals surface area (Å²) in [5.41, 5.74) is 0.971. The molecule has 9 nitrogen and oxygen atoms in total. The third-order valence-electron chi connectivity index (χ3n) is 5.98. The molecule has 172 valence electrons. The second kappa shape index (κ2) is 9.41. The van der Waals surface area contributed by atoms with E-state index in [1.807, 2.05) is 55.5 Å². The standard InChI is InChI=1S/C24H25N3O6/c1-2-32-19-9-7-18(8-10-19)21-25-20(26-33-21)17-5-3-16(4-6-17)15-27-13-11-24(12-14-27,22(28)29)23(30)31/h3-10H,2,11-15H2,1H3,(H,28,29)(H,30,31). The molecule has 2 N–H and O–H groups in total. The fourth-order valence-electron chi connectivity index (χ4n) is 3.95. The summed E-state index contributed by atoms with van der Waals surface area (Å²) < 4.78 is 10.9. The van der Waals surface area contributed by atoms with Crippen molar-refractivity contribution in [1.82, 2.24) is 15.0 Å². The number of aliphatic carboxylic acids is 2. The van der Waals surface area contributed by atoms with Gasteiger partial charge in [-0.15, -0.1) is 0 Å². The zero-order valence-corrected chi connectivity index (χ0v) is 18.2. The van der Waals surface area contributed by atoms with Crippen molar-refractivity contribution in [1.29, 1.82) is 0 Å². The Hall–Kier alpha value is -3.72. The maximum atomic E-state index is 11.5. The molecule has 1 saturated heterocycles. The van der Waals surface area contributed by atoms with Crippen molar-refractivity contribution in [2.75, 3.05) is 19.7 Å². The number of rotatable bonds is 8. The fourth-order valence-corrected chi connectivity index (χ4v) is 3.95. The van der Waals surface area contributed by atoms with Crippen LogP contribution in [0.2, 0.25) is 0 Å². The summed E-state index contributed by atoms with van der Waals surface area (Å²) in [5, 5.41) is 22.8. The van der Waals surface area contributed by atoms with Crippen LogP contribution in [0, 0.1) is 5.41 Å². The highest BCUT2D eigenvalue weighted by molar-refractivity contribution is 5.98. The van der Waals surface area contributed by atoms with Gasteiger partial charge >= 0.3 is 11.9 Å². The maximum Gasteiger partial charge on any atom is 0.321 e. The van der Waals surface area contributed by atoms with Gasteiger partial charge in [-0.1, -0.05) is 29.4 Å². The lowest BCUT2D eigenvalue weighted by molar-refractivity contribution is -0.168. The average molecular weight is 451 g/mol. The van der Waals surface area contributed by atoms with E-state index in [-0.39, 0.29) is 12.8 Å². The smallest absolute Gasteiger partial charge is 0.321 e. The van der Waals surface area contributed by atoms with Crippen molar-refractivity contribution in [2.45, 2.75) is 26.3 Å². The second-order valence-electron chi connectivity index (χ2n) is 8.05. The third kappa shape index (κ3) is 4.73. The minimum atomic E-state index is -1.68. The fraction of sp³-hybridized carbons (Fsp3) is 0.333. The van der Waals surface area contributed by atoms with Gasteiger partial charge in [-0.2, -0.15) is 4.98 Å². The molecule has 2 heterocycles. The Morgan fingerprint density at radius 3 is 2.18 bits per heavy atom. The summed E-state index contributed by atoms with van der Waals surface area (Å²) in [4.78, 5) is 29.5. The van der Waals surface area contributed by atoms with Crippen molar-refractivity contribution in [3.05, 3.63) is 54.1 Å². The molecule has 1 aliphatic heterocycles. The summed E-state index contributed by atoms with van der Waals surface area (Å²) in [6.07, 6.45) is 0.180. The average Bonchev–Trinajstić information content (AvgIpc) is 3.31. The van der Waals surface area contributed by atoms with Crippen LogP contribution in [-0.2, 0) is 16.1 Å². The molecule has 4 rings (SSSR count). The van der Waals surface area contributed by atoms with Crippen LogP contribution in [0.15, 0.2) is 53.1 Å². The monoisotopic (exact) mass is 451 g/mol. The molecule has 33 heavy (non-hydrogen) atoms. The molecule has 0 atom stereocenters. The highest BCUT2D eigenvalue weighted by Gasteiger charge is 2.48. The molecular formula is C24H25N3O6. The number of carboxylic acids is 2. The van der Waals surface area contributed by atoms with Gasteiger partial charge in [-0.25, -0.2) is 0 Å². The summed E-state index contributed by atoms with van der Waals surface area (Å²) in [6, 6.07) is 15.2. The number of benzene rings is 2. The predicted molar refractivity (Wildman–Crippen MR) is 119 cm³/mol.